The van der Waals surface area contributed by atoms with Gasteiger partial charge in [0.15, 0.2) is 11.5 Å². The van der Waals surface area contributed by atoms with Crippen molar-refractivity contribution in [3.05, 3.63) is 23.8 Å². The van der Waals surface area contributed by atoms with E-state index in [4.69, 9.17) is 18.5 Å². The molecule has 0 aromatic heterocycles. The van der Waals surface area contributed by atoms with Crippen LogP contribution in [0.25, 0.3) is 0 Å². The second kappa shape index (κ2) is 21.0. The molecule has 188 valence electrons. The summed E-state index contributed by atoms with van der Waals surface area (Å²) < 4.78 is 24.6. The second-order valence-corrected chi connectivity index (χ2v) is 8.59. The van der Waals surface area contributed by atoms with Gasteiger partial charge >= 0.3 is 34.5 Å². The van der Waals surface area contributed by atoms with Crippen molar-refractivity contribution in [2.45, 2.75) is 117 Å². The summed E-state index contributed by atoms with van der Waals surface area (Å²) in [7, 11) is 0. The van der Waals surface area contributed by atoms with Crippen LogP contribution in [0.4, 0.5) is 0 Å². The summed E-state index contributed by atoms with van der Waals surface area (Å²) in [4.78, 5) is 11.9. The van der Waals surface area contributed by atoms with Crippen LogP contribution in [0, 0.1) is 0 Å². The van der Waals surface area contributed by atoms with Gasteiger partial charge in [-0.3, -0.25) is 0 Å². The first kappa shape index (κ1) is 31.4. The number of ether oxygens (including phenoxy) is 2. The molecule has 0 saturated heterocycles. The van der Waals surface area contributed by atoms with Crippen LogP contribution in [0.15, 0.2) is 18.2 Å². The average Bonchev–Trinajstić information content (AvgIpc) is 2.80. The minimum atomic E-state index is -1.41. The molecule has 8 heteroatoms. The van der Waals surface area contributed by atoms with E-state index in [9.17, 15) is 9.90 Å². The van der Waals surface area contributed by atoms with E-state index in [-0.39, 0.29) is 17.8 Å². The number of aromatic carboxylic acids is 1. The Morgan fingerprint density at radius 3 is 1.79 bits per heavy atom. The maximum atomic E-state index is 11.9. The van der Waals surface area contributed by atoms with Gasteiger partial charge < -0.3 is 14.6 Å². The molecule has 1 aromatic carbocycles. The zero-order chi connectivity index (χ0) is 24.9. The van der Waals surface area contributed by atoms with E-state index in [0.717, 1.165) is 57.8 Å². The van der Waals surface area contributed by atoms with Crippen molar-refractivity contribution in [3.63, 3.8) is 0 Å². The fourth-order valence-corrected chi connectivity index (χ4v) is 3.66. The number of para-hydroxylation sites is 1. The van der Waals surface area contributed by atoms with Gasteiger partial charge in [0.05, 0.1) is 12.2 Å². The van der Waals surface area contributed by atoms with Crippen LogP contribution in [0.5, 0.6) is 11.5 Å². The van der Waals surface area contributed by atoms with E-state index < -0.39 is 21.5 Å². The van der Waals surface area contributed by atoms with Gasteiger partial charge in [-0.05, 0) is 50.7 Å². The van der Waals surface area contributed by atoms with Crippen molar-refractivity contribution in [1.29, 1.82) is 0 Å². The Kier molecular flexibility index (Phi) is 19.9. The Morgan fingerprint density at radius 2 is 1.36 bits per heavy atom. The monoisotopic (exact) mass is 482 g/mol. The standard InChI is InChI=1S/C25H42O4.Al.H2O2.O/c1-5-9-11-16-20(14-7-3)28-23-19-13-18-22(25(26)27)24(23)29-21(15-8-4)17-12-10-6-2;;1-2;/h13,18-21H,5-12,14-17H2,1-4H3,(H,26,27);;1-2H;/q;+1;;/p-1. The first-order chi connectivity index (χ1) is 16.0. The van der Waals surface area contributed by atoms with E-state index >= 15 is 0 Å². The first-order valence-corrected chi connectivity index (χ1v) is 13.4. The van der Waals surface area contributed by atoms with Gasteiger partial charge in [-0.15, -0.1) is 0 Å². The third-order valence-corrected chi connectivity index (χ3v) is 5.40. The number of benzene rings is 1. The summed E-state index contributed by atoms with van der Waals surface area (Å²) in [6.45, 7) is 8.69. The Morgan fingerprint density at radius 1 is 0.848 bits per heavy atom. The third kappa shape index (κ3) is 14.3. The Balaban J connectivity index is 0.00000235. The van der Waals surface area contributed by atoms with Crippen molar-refractivity contribution in [1.82, 2.24) is 0 Å². The van der Waals surface area contributed by atoms with E-state index in [1.807, 2.05) is 6.07 Å². The normalized spacial score (nSPS) is 12.0. The van der Waals surface area contributed by atoms with Gasteiger partial charge in [0, 0.05) is 0 Å². The summed E-state index contributed by atoms with van der Waals surface area (Å²) >= 11 is -1.41. The zero-order valence-electron chi connectivity index (χ0n) is 20.9. The van der Waals surface area contributed by atoms with Gasteiger partial charge in [-0.1, -0.05) is 72.3 Å². The van der Waals surface area contributed by atoms with Gasteiger partial charge in [-0.2, -0.15) is 0 Å². The van der Waals surface area contributed by atoms with Gasteiger partial charge in [0.25, 0.3) is 0 Å². The molecule has 0 heterocycles. The molecule has 0 spiro atoms. The van der Waals surface area contributed by atoms with Crippen LogP contribution in [-0.4, -0.2) is 44.0 Å². The van der Waals surface area contributed by atoms with Crippen molar-refractivity contribution in [3.8, 4) is 11.5 Å². The van der Waals surface area contributed by atoms with Crippen LogP contribution in [-0.2, 0) is 7.74 Å². The fourth-order valence-electron chi connectivity index (χ4n) is 3.66. The number of hydrogen-bond donors (Lipinski definition) is 2. The van der Waals surface area contributed by atoms with Crippen molar-refractivity contribution < 1.29 is 32.4 Å². The average molecular weight is 483 g/mol. The van der Waals surface area contributed by atoms with Crippen LogP contribution < -0.4 is 9.47 Å². The van der Waals surface area contributed by atoms with Crippen molar-refractivity contribution in [2.24, 2.45) is 0 Å². The Hall–Kier alpha value is -1.62. The number of hydrogen-bond acceptors (Lipinski definition) is 6. The maximum absolute atomic E-state index is 11.9. The molecule has 0 aliphatic rings. The van der Waals surface area contributed by atoms with Gasteiger partial charge in [0.1, 0.15) is 5.56 Å². The van der Waals surface area contributed by atoms with E-state index in [2.05, 4.69) is 31.6 Å². The molecule has 0 amide bonds. The molecular weight excluding hydrogens is 439 g/mol. The Bertz CT molecular complexity index is 639. The number of carboxylic acids is 1. The molecule has 0 bridgehead atoms. The third-order valence-electron chi connectivity index (χ3n) is 5.31. The van der Waals surface area contributed by atoms with Crippen molar-refractivity contribution in [2.75, 3.05) is 0 Å². The predicted molar refractivity (Wildman–Crippen MR) is 130 cm³/mol. The van der Waals surface area contributed by atoms with Crippen LogP contribution in [0.1, 0.15) is 115 Å². The van der Waals surface area contributed by atoms with E-state index in [1.54, 1.807) is 12.1 Å². The van der Waals surface area contributed by atoms with Gasteiger partial charge in [-0.25, -0.2) is 4.79 Å². The number of carbonyl (C=O) groups is 1. The number of carboxylic acid groups (broad SMARTS) is 1. The Labute approximate surface area is 206 Å². The molecule has 2 atom stereocenters. The number of rotatable bonds is 18. The van der Waals surface area contributed by atoms with Crippen LogP contribution in [0.3, 0.4) is 0 Å². The molecule has 0 fully saturated rings. The molecular formula is C25H43AlO7. The van der Waals surface area contributed by atoms with Crippen LogP contribution in [0.2, 0.25) is 0 Å². The molecule has 0 radical (unpaired) electrons. The summed E-state index contributed by atoms with van der Waals surface area (Å²) in [6.07, 6.45) is 12.9. The summed E-state index contributed by atoms with van der Waals surface area (Å²) in [6, 6.07) is 5.23. The predicted octanol–water partition coefficient (Wildman–Crippen LogP) is 7.08. The van der Waals surface area contributed by atoms with E-state index in [0.29, 0.717) is 11.5 Å². The van der Waals surface area contributed by atoms with Gasteiger partial charge in [0.2, 0.25) is 0 Å². The molecule has 2 N–H and O–H groups in total. The molecule has 2 unspecified atom stereocenters. The molecule has 7 nitrogen and oxygen atoms in total. The quantitative estimate of drug-likeness (QED) is 0.0997. The topological polar surface area (TPSA) is 102 Å². The fraction of sp³-hybridized carbons (Fsp3) is 0.720. The molecule has 0 aliphatic heterocycles. The molecule has 1 aromatic rings. The summed E-state index contributed by atoms with van der Waals surface area (Å²) in [5.41, 5.74) is 0.197. The summed E-state index contributed by atoms with van der Waals surface area (Å²) in [5.74, 6) is 0.0234. The molecule has 0 aliphatic carbocycles. The van der Waals surface area contributed by atoms with Crippen molar-refractivity contribution >= 4 is 21.5 Å². The zero-order valence-corrected chi connectivity index (χ0v) is 22.0. The minimum absolute atomic E-state index is 0.0270. The SMILES string of the molecule is CCCCCC(CCC)Oc1cccc(C(=O)O)c1OC(CCC)CCCCC.[O]=[Al][O]O. The number of unbranched alkanes of at least 4 members (excludes halogenated alkanes) is 4. The molecule has 0 saturated carbocycles. The molecule has 33 heavy (non-hydrogen) atoms. The van der Waals surface area contributed by atoms with Crippen LogP contribution >= 0.6 is 0 Å². The molecule has 1 rings (SSSR count). The van der Waals surface area contributed by atoms with E-state index in [1.165, 1.54) is 19.3 Å². The first-order valence-electron chi connectivity index (χ1n) is 12.4. The summed E-state index contributed by atoms with van der Waals surface area (Å²) in [5, 5.41) is 16.8. The second-order valence-electron chi connectivity index (χ2n) is 8.19.